The van der Waals surface area contributed by atoms with Crippen LogP contribution in [0.5, 0.6) is 5.75 Å². The lowest BCUT2D eigenvalue weighted by Gasteiger charge is -2.26. The lowest BCUT2D eigenvalue weighted by atomic mass is 9.80. The van der Waals surface area contributed by atoms with Crippen LogP contribution in [0.3, 0.4) is 0 Å². The first-order valence-corrected chi connectivity index (χ1v) is 7.14. The maximum atomic E-state index is 5.35. The van der Waals surface area contributed by atoms with Crippen LogP contribution >= 0.6 is 0 Å². The molecule has 1 fully saturated rings. The molecular formula is C16H23NO. The predicted molar refractivity (Wildman–Crippen MR) is 74.1 cm³/mol. The van der Waals surface area contributed by atoms with Crippen molar-refractivity contribution in [3.63, 3.8) is 0 Å². The summed E-state index contributed by atoms with van der Waals surface area (Å²) >= 11 is 0. The fraction of sp³-hybridized carbons (Fsp3) is 0.625. The van der Waals surface area contributed by atoms with E-state index in [0.29, 0.717) is 5.41 Å². The SMILES string of the molecule is CCNCC1CC12CCc1ccc(OC)cc1C2. The van der Waals surface area contributed by atoms with E-state index in [-0.39, 0.29) is 0 Å². The molecule has 2 unspecified atom stereocenters. The van der Waals surface area contributed by atoms with Crippen molar-refractivity contribution in [2.45, 2.75) is 32.6 Å². The van der Waals surface area contributed by atoms with Gasteiger partial charge in [-0.25, -0.2) is 0 Å². The molecule has 0 heterocycles. The summed E-state index contributed by atoms with van der Waals surface area (Å²) in [4.78, 5) is 0. The first kappa shape index (κ1) is 12.0. The van der Waals surface area contributed by atoms with Crippen LogP contribution in [-0.2, 0) is 12.8 Å². The van der Waals surface area contributed by atoms with Gasteiger partial charge < -0.3 is 10.1 Å². The highest BCUT2D eigenvalue weighted by Crippen LogP contribution is 2.59. The normalized spacial score (nSPS) is 29.1. The van der Waals surface area contributed by atoms with Crippen molar-refractivity contribution in [2.75, 3.05) is 20.2 Å². The van der Waals surface area contributed by atoms with E-state index in [1.54, 1.807) is 7.11 Å². The highest BCUT2D eigenvalue weighted by atomic mass is 16.5. The van der Waals surface area contributed by atoms with Crippen molar-refractivity contribution in [3.8, 4) is 5.75 Å². The third-order valence-electron chi connectivity index (χ3n) is 4.85. The second kappa shape index (κ2) is 4.58. The maximum absolute atomic E-state index is 5.35. The largest absolute Gasteiger partial charge is 0.497 e. The molecule has 3 rings (SSSR count). The molecule has 0 saturated heterocycles. The summed E-state index contributed by atoms with van der Waals surface area (Å²) in [6.07, 6.45) is 5.30. The Bertz CT molecular complexity index is 443. The van der Waals surface area contributed by atoms with Gasteiger partial charge in [-0.15, -0.1) is 0 Å². The van der Waals surface area contributed by atoms with E-state index < -0.39 is 0 Å². The molecule has 1 spiro atoms. The number of benzene rings is 1. The molecule has 2 atom stereocenters. The van der Waals surface area contributed by atoms with Gasteiger partial charge in [-0.2, -0.15) is 0 Å². The van der Waals surface area contributed by atoms with Gasteiger partial charge in [-0.05, 0) is 73.4 Å². The maximum Gasteiger partial charge on any atom is 0.119 e. The monoisotopic (exact) mass is 245 g/mol. The van der Waals surface area contributed by atoms with E-state index in [9.17, 15) is 0 Å². The number of hydrogen-bond donors (Lipinski definition) is 1. The van der Waals surface area contributed by atoms with Gasteiger partial charge in [0, 0.05) is 0 Å². The Balaban J connectivity index is 1.73. The molecule has 0 radical (unpaired) electrons. The molecule has 98 valence electrons. The first-order valence-electron chi connectivity index (χ1n) is 7.14. The number of rotatable bonds is 4. The minimum absolute atomic E-state index is 0.613. The standard InChI is InChI=1S/C16H23NO/c1-3-17-11-14-10-16(14)7-6-12-4-5-15(18-2)8-13(12)9-16/h4-5,8,14,17H,3,6-7,9-11H2,1-2H3. The van der Waals surface area contributed by atoms with Gasteiger partial charge in [0.05, 0.1) is 7.11 Å². The molecule has 2 nitrogen and oxygen atoms in total. The Hall–Kier alpha value is -1.02. The summed E-state index contributed by atoms with van der Waals surface area (Å²) in [5.74, 6) is 1.91. The van der Waals surface area contributed by atoms with Crippen molar-refractivity contribution >= 4 is 0 Å². The molecule has 0 aromatic heterocycles. The number of fused-ring (bicyclic) bond motifs is 1. The number of methoxy groups -OCH3 is 1. The highest BCUT2D eigenvalue weighted by Gasteiger charge is 2.54. The van der Waals surface area contributed by atoms with E-state index in [1.807, 2.05) is 0 Å². The quantitative estimate of drug-likeness (QED) is 0.880. The Labute approximate surface area is 110 Å². The second-order valence-electron chi connectivity index (χ2n) is 5.88. The molecule has 1 saturated carbocycles. The number of ether oxygens (including phenoxy) is 1. The molecule has 0 amide bonds. The molecule has 0 aliphatic heterocycles. The van der Waals surface area contributed by atoms with Crippen LogP contribution in [0, 0.1) is 11.3 Å². The minimum atomic E-state index is 0.613. The fourth-order valence-electron chi connectivity index (χ4n) is 3.55. The lowest BCUT2D eigenvalue weighted by molar-refractivity contribution is 0.380. The Kier molecular flexibility index (Phi) is 3.06. The van der Waals surface area contributed by atoms with Crippen molar-refractivity contribution in [1.82, 2.24) is 5.32 Å². The van der Waals surface area contributed by atoms with Crippen molar-refractivity contribution < 1.29 is 4.74 Å². The fourth-order valence-corrected chi connectivity index (χ4v) is 3.55. The van der Waals surface area contributed by atoms with E-state index >= 15 is 0 Å². The molecule has 2 aliphatic carbocycles. The Morgan fingerprint density at radius 3 is 3.06 bits per heavy atom. The van der Waals surface area contributed by atoms with Gasteiger partial charge >= 0.3 is 0 Å². The van der Waals surface area contributed by atoms with Crippen LogP contribution in [0.4, 0.5) is 0 Å². The van der Waals surface area contributed by atoms with Gasteiger partial charge in [0.2, 0.25) is 0 Å². The smallest absolute Gasteiger partial charge is 0.119 e. The molecule has 1 N–H and O–H groups in total. The Morgan fingerprint density at radius 2 is 2.28 bits per heavy atom. The van der Waals surface area contributed by atoms with Gasteiger partial charge in [-0.3, -0.25) is 0 Å². The van der Waals surface area contributed by atoms with Gasteiger partial charge in [0.1, 0.15) is 5.75 Å². The summed E-state index contributed by atoms with van der Waals surface area (Å²) in [7, 11) is 1.76. The number of hydrogen-bond acceptors (Lipinski definition) is 2. The third-order valence-corrected chi connectivity index (χ3v) is 4.85. The third kappa shape index (κ3) is 2.03. The van der Waals surface area contributed by atoms with Crippen LogP contribution in [0.25, 0.3) is 0 Å². The summed E-state index contributed by atoms with van der Waals surface area (Å²) in [6.45, 7) is 4.49. The van der Waals surface area contributed by atoms with E-state index in [4.69, 9.17) is 4.74 Å². The van der Waals surface area contributed by atoms with Crippen LogP contribution in [-0.4, -0.2) is 20.2 Å². The topological polar surface area (TPSA) is 21.3 Å². The molecule has 1 aromatic carbocycles. The molecule has 1 aromatic rings. The zero-order valence-electron chi connectivity index (χ0n) is 11.5. The van der Waals surface area contributed by atoms with Crippen LogP contribution in [0.2, 0.25) is 0 Å². The zero-order chi connectivity index (χ0) is 12.6. The second-order valence-corrected chi connectivity index (χ2v) is 5.88. The average Bonchev–Trinajstić information content (AvgIpc) is 3.07. The van der Waals surface area contributed by atoms with Crippen molar-refractivity contribution in [3.05, 3.63) is 29.3 Å². The van der Waals surface area contributed by atoms with Gasteiger partial charge in [0.15, 0.2) is 0 Å². The van der Waals surface area contributed by atoms with Crippen LogP contribution < -0.4 is 10.1 Å². The number of nitrogens with one attached hydrogen (secondary N) is 1. The first-order chi connectivity index (χ1) is 8.77. The summed E-state index contributed by atoms with van der Waals surface area (Å²) in [6, 6.07) is 6.60. The lowest BCUT2D eigenvalue weighted by Crippen LogP contribution is -2.23. The molecular weight excluding hydrogens is 222 g/mol. The molecule has 0 bridgehead atoms. The van der Waals surface area contributed by atoms with Gasteiger partial charge in [-0.1, -0.05) is 13.0 Å². The summed E-state index contributed by atoms with van der Waals surface area (Å²) in [5.41, 5.74) is 3.68. The van der Waals surface area contributed by atoms with E-state index in [0.717, 1.165) is 18.2 Å². The Morgan fingerprint density at radius 1 is 1.39 bits per heavy atom. The zero-order valence-corrected chi connectivity index (χ0v) is 11.5. The summed E-state index contributed by atoms with van der Waals surface area (Å²) in [5, 5.41) is 3.50. The summed E-state index contributed by atoms with van der Waals surface area (Å²) < 4.78 is 5.35. The molecule has 2 aliphatic rings. The minimum Gasteiger partial charge on any atom is -0.497 e. The van der Waals surface area contributed by atoms with Gasteiger partial charge in [0.25, 0.3) is 0 Å². The van der Waals surface area contributed by atoms with Crippen LogP contribution in [0.1, 0.15) is 30.9 Å². The molecule has 18 heavy (non-hydrogen) atoms. The predicted octanol–water partition coefficient (Wildman–Crippen LogP) is 2.80. The van der Waals surface area contributed by atoms with E-state index in [2.05, 4.69) is 30.4 Å². The van der Waals surface area contributed by atoms with Crippen molar-refractivity contribution in [1.29, 1.82) is 0 Å². The number of aryl methyl sites for hydroxylation is 1. The van der Waals surface area contributed by atoms with E-state index in [1.165, 1.54) is 43.4 Å². The average molecular weight is 245 g/mol. The van der Waals surface area contributed by atoms with Crippen molar-refractivity contribution in [2.24, 2.45) is 11.3 Å². The highest BCUT2D eigenvalue weighted by molar-refractivity contribution is 5.39. The van der Waals surface area contributed by atoms with Crippen LogP contribution in [0.15, 0.2) is 18.2 Å². The molecule has 2 heteroatoms.